The highest BCUT2D eigenvalue weighted by Crippen LogP contribution is 2.30. The van der Waals surface area contributed by atoms with Gasteiger partial charge in [0.1, 0.15) is 5.69 Å². The zero-order valence-corrected chi connectivity index (χ0v) is 7.71. The van der Waals surface area contributed by atoms with Gasteiger partial charge in [0.25, 0.3) is 0 Å². The summed E-state index contributed by atoms with van der Waals surface area (Å²) in [6, 6.07) is 0.763. The normalized spacial score (nSPS) is 11.8. The molecular formula is C7H4Cl2F3N. The van der Waals surface area contributed by atoms with E-state index in [1.807, 2.05) is 0 Å². The van der Waals surface area contributed by atoms with Crippen molar-refractivity contribution < 1.29 is 13.2 Å². The standard InChI is InChI=1S/C7H4Cl2F3N/c8-2-4-3-13-6(1-5(4)9)7(10,11)12/h1,3H,2H2. The van der Waals surface area contributed by atoms with Gasteiger partial charge in [0.2, 0.25) is 0 Å². The molecule has 0 aromatic carbocycles. The molecule has 1 aromatic heterocycles. The van der Waals surface area contributed by atoms with Crippen LogP contribution in [0.5, 0.6) is 0 Å². The van der Waals surface area contributed by atoms with E-state index in [-0.39, 0.29) is 10.9 Å². The molecule has 13 heavy (non-hydrogen) atoms. The van der Waals surface area contributed by atoms with Gasteiger partial charge in [-0.1, -0.05) is 11.6 Å². The van der Waals surface area contributed by atoms with Gasteiger partial charge in [-0.25, -0.2) is 0 Å². The molecule has 1 nitrogen and oxygen atoms in total. The molecular weight excluding hydrogens is 226 g/mol. The lowest BCUT2D eigenvalue weighted by Gasteiger charge is -2.06. The van der Waals surface area contributed by atoms with E-state index in [1.54, 1.807) is 0 Å². The lowest BCUT2D eigenvalue weighted by molar-refractivity contribution is -0.141. The SMILES string of the molecule is FC(F)(F)c1cc(Cl)c(CCl)cn1. The molecule has 0 N–H and O–H groups in total. The van der Waals surface area contributed by atoms with Gasteiger partial charge < -0.3 is 0 Å². The van der Waals surface area contributed by atoms with Crippen LogP contribution >= 0.6 is 23.2 Å². The summed E-state index contributed by atoms with van der Waals surface area (Å²) in [5.41, 5.74) is -0.622. The van der Waals surface area contributed by atoms with E-state index < -0.39 is 11.9 Å². The van der Waals surface area contributed by atoms with Gasteiger partial charge in [0.15, 0.2) is 0 Å². The highest BCUT2D eigenvalue weighted by molar-refractivity contribution is 6.32. The van der Waals surface area contributed by atoms with Crippen LogP contribution in [0, 0.1) is 0 Å². The molecule has 0 unspecified atom stereocenters. The fraction of sp³-hybridized carbons (Fsp3) is 0.286. The average Bonchev–Trinajstić information content (AvgIpc) is 2.02. The molecule has 1 aromatic rings. The fourth-order valence-electron chi connectivity index (χ4n) is 0.712. The maximum Gasteiger partial charge on any atom is 0.433 e. The Kier molecular flexibility index (Phi) is 3.03. The Morgan fingerprint density at radius 2 is 2.00 bits per heavy atom. The molecule has 1 rings (SSSR count). The third kappa shape index (κ3) is 2.48. The first-order valence-electron chi connectivity index (χ1n) is 3.22. The Morgan fingerprint density at radius 1 is 1.38 bits per heavy atom. The average molecular weight is 230 g/mol. The summed E-state index contributed by atoms with van der Waals surface area (Å²) < 4.78 is 36.1. The number of aromatic nitrogens is 1. The third-order valence-electron chi connectivity index (χ3n) is 1.36. The van der Waals surface area contributed by atoms with E-state index in [1.165, 1.54) is 0 Å². The summed E-state index contributed by atoms with van der Waals surface area (Å²) in [4.78, 5) is 3.19. The molecule has 0 bridgehead atoms. The van der Waals surface area contributed by atoms with Crippen molar-refractivity contribution in [3.05, 3.63) is 28.5 Å². The summed E-state index contributed by atoms with van der Waals surface area (Å²) in [7, 11) is 0. The number of halogens is 5. The van der Waals surface area contributed by atoms with Crippen molar-refractivity contribution in [3.63, 3.8) is 0 Å². The van der Waals surface area contributed by atoms with Crippen LogP contribution < -0.4 is 0 Å². The summed E-state index contributed by atoms with van der Waals surface area (Å²) in [5, 5.41) is -0.0164. The Bertz CT molecular complexity index is 311. The van der Waals surface area contributed by atoms with Crippen LogP contribution in [-0.4, -0.2) is 4.98 Å². The molecule has 0 saturated heterocycles. The predicted molar refractivity (Wildman–Crippen MR) is 43.8 cm³/mol. The molecule has 0 amide bonds. The Morgan fingerprint density at radius 3 is 2.38 bits per heavy atom. The van der Waals surface area contributed by atoms with Crippen LogP contribution in [0.25, 0.3) is 0 Å². The molecule has 72 valence electrons. The first-order chi connectivity index (χ1) is 5.95. The second-order valence-corrected chi connectivity index (χ2v) is 2.97. The molecule has 0 aliphatic heterocycles. The van der Waals surface area contributed by atoms with Crippen molar-refractivity contribution in [1.29, 1.82) is 0 Å². The lowest BCUT2D eigenvalue weighted by Crippen LogP contribution is -2.07. The molecule has 0 aliphatic carbocycles. The zero-order valence-electron chi connectivity index (χ0n) is 6.20. The number of alkyl halides is 4. The molecule has 0 saturated carbocycles. The van der Waals surface area contributed by atoms with Gasteiger partial charge in [-0.2, -0.15) is 13.2 Å². The molecule has 1 heterocycles. The maximum atomic E-state index is 12.0. The Balaban J connectivity index is 3.10. The van der Waals surface area contributed by atoms with Gasteiger partial charge in [0, 0.05) is 16.8 Å². The van der Waals surface area contributed by atoms with Gasteiger partial charge in [0.05, 0.1) is 5.88 Å². The van der Waals surface area contributed by atoms with E-state index in [2.05, 4.69) is 4.98 Å². The van der Waals surface area contributed by atoms with E-state index in [4.69, 9.17) is 23.2 Å². The number of rotatable bonds is 1. The van der Waals surface area contributed by atoms with Gasteiger partial charge >= 0.3 is 6.18 Å². The van der Waals surface area contributed by atoms with Crippen molar-refractivity contribution in [2.75, 3.05) is 0 Å². The summed E-state index contributed by atoms with van der Waals surface area (Å²) in [5.74, 6) is 0.0456. The summed E-state index contributed by atoms with van der Waals surface area (Å²) >= 11 is 10.9. The predicted octanol–water partition coefficient (Wildman–Crippen LogP) is 3.49. The first-order valence-corrected chi connectivity index (χ1v) is 4.14. The molecule has 0 atom stereocenters. The molecule has 0 aliphatic rings. The van der Waals surface area contributed by atoms with E-state index >= 15 is 0 Å². The monoisotopic (exact) mass is 229 g/mol. The van der Waals surface area contributed by atoms with Crippen molar-refractivity contribution in [2.45, 2.75) is 12.1 Å². The number of hydrogen-bond acceptors (Lipinski definition) is 1. The molecule has 0 spiro atoms. The van der Waals surface area contributed by atoms with Crippen LogP contribution in [-0.2, 0) is 12.1 Å². The van der Waals surface area contributed by atoms with Crippen LogP contribution in [0.2, 0.25) is 5.02 Å². The number of hydrogen-bond donors (Lipinski definition) is 0. The first kappa shape index (κ1) is 10.6. The van der Waals surface area contributed by atoms with Gasteiger partial charge in [-0.15, -0.1) is 11.6 Å². The maximum absolute atomic E-state index is 12.0. The van der Waals surface area contributed by atoms with Crippen molar-refractivity contribution in [1.82, 2.24) is 4.98 Å². The van der Waals surface area contributed by atoms with Crippen molar-refractivity contribution >= 4 is 23.2 Å². The van der Waals surface area contributed by atoms with E-state index in [0.29, 0.717) is 5.56 Å². The third-order valence-corrected chi connectivity index (χ3v) is 2.00. The zero-order chi connectivity index (χ0) is 10.1. The quantitative estimate of drug-likeness (QED) is 0.673. The highest BCUT2D eigenvalue weighted by atomic mass is 35.5. The molecule has 0 radical (unpaired) electrons. The van der Waals surface area contributed by atoms with Crippen molar-refractivity contribution in [2.24, 2.45) is 0 Å². The second kappa shape index (κ2) is 3.72. The minimum absolute atomic E-state index is 0.0164. The minimum Gasteiger partial charge on any atom is -0.251 e. The fourth-order valence-corrected chi connectivity index (χ4v) is 1.21. The molecule has 0 fully saturated rings. The van der Waals surface area contributed by atoms with Crippen LogP contribution in [0.4, 0.5) is 13.2 Å². The number of pyridine rings is 1. The lowest BCUT2D eigenvalue weighted by atomic mass is 10.2. The highest BCUT2D eigenvalue weighted by Gasteiger charge is 2.32. The Labute approximate surface area is 82.5 Å². The summed E-state index contributed by atoms with van der Waals surface area (Å²) in [6.07, 6.45) is -3.44. The smallest absolute Gasteiger partial charge is 0.251 e. The van der Waals surface area contributed by atoms with E-state index in [9.17, 15) is 13.2 Å². The van der Waals surface area contributed by atoms with Gasteiger partial charge in [-0.3, -0.25) is 4.98 Å². The van der Waals surface area contributed by atoms with Crippen LogP contribution in [0.1, 0.15) is 11.3 Å². The Hall–Kier alpha value is -0.480. The topological polar surface area (TPSA) is 12.9 Å². The minimum atomic E-state index is -4.46. The summed E-state index contributed by atoms with van der Waals surface area (Å²) in [6.45, 7) is 0. The van der Waals surface area contributed by atoms with Crippen LogP contribution in [0.15, 0.2) is 12.3 Å². The second-order valence-electron chi connectivity index (χ2n) is 2.29. The van der Waals surface area contributed by atoms with Crippen LogP contribution in [0.3, 0.4) is 0 Å². The van der Waals surface area contributed by atoms with Crippen molar-refractivity contribution in [3.8, 4) is 0 Å². The largest absolute Gasteiger partial charge is 0.433 e. The number of nitrogens with zero attached hydrogens (tertiary/aromatic N) is 1. The van der Waals surface area contributed by atoms with Gasteiger partial charge in [-0.05, 0) is 6.07 Å². The van der Waals surface area contributed by atoms with E-state index in [0.717, 1.165) is 12.3 Å². The molecule has 6 heteroatoms.